The summed E-state index contributed by atoms with van der Waals surface area (Å²) in [5.74, 6) is 0.0788. The van der Waals surface area contributed by atoms with Gasteiger partial charge in [0, 0.05) is 18.1 Å². The molecule has 0 spiro atoms. The fraction of sp³-hybridized carbons (Fsp3) is 0.571. The molecule has 0 bridgehead atoms. The molecule has 4 rings (SSSR count). The zero-order chi connectivity index (χ0) is 23.0. The highest BCUT2D eigenvalue weighted by Crippen LogP contribution is 2.49. The highest BCUT2D eigenvalue weighted by Gasteiger charge is 2.57. The van der Waals surface area contributed by atoms with Gasteiger partial charge in [0.15, 0.2) is 0 Å². The van der Waals surface area contributed by atoms with Crippen LogP contribution in [0.3, 0.4) is 0 Å². The topological polar surface area (TPSA) is 128 Å². The van der Waals surface area contributed by atoms with E-state index >= 15 is 0 Å². The number of benzene rings is 1. The van der Waals surface area contributed by atoms with Crippen LogP contribution in [0.4, 0.5) is 0 Å². The third-order valence-corrected chi connectivity index (χ3v) is 6.04. The normalized spacial score (nSPS) is 23.0. The maximum Gasteiger partial charge on any atom is 0.243 e. The Kier molecular flexibility index (Phi) is 6.19. The first-order valence-corrected chi connectivity index (χ1v) is 11.0. The van der Waals surface area contributed by atoms with Crippen LogP contribution >= 0.6 is 11.6 Å². The van der Waals surface area contributed by atoms with Gasteiger partial charge in [-0.2, -0.15) is 0 Å². The molecule has 1 saturated heterocycles. The van der Waals surface area contributed by atoms with Crippen LogP contribution < -0.4 is 11.1 Å². The molecule has 1 aliphatic carbocycles. The number of hydrogen-bond acceptors (Lipinski definition) is 7. The zero-order valence-corrected chi connectivity index (χ0v) is 19.1. The van der Waals surface area contributed by atoms with Crippen molar-refractivity contribution in [1.29, 1.82) is 0 Å². The molecule has 2 aliphatic rings. The number of rotatable bonds is 7. The second-order valence-electron chi connectivity index (χ2n) is 9.37. The summed E-state index contributed by atoms with van der Waals surface area (Å²) in [6, 6.07) is 3.95. The molecular formula is C21H28ClN7O3. The van der Waals surface area contributed by atoms with Gasteiger partial charge >= 0.3 is 0 Å². The minimum Gasteiger partial charge on any atom is -0.374 e. The first-order valence-electron chi connectivity index (χ1n) is 10.6. The number of nitrogens with zero attached hydrogens (tertiary/aromatic N) is 5. The van der Waals surface area contributed by atoms with Crippen LogP contribution in [0.25, 0.3) is 5.69 Å². The van der Waals surface area contributed by atoms with Gasteiger partial charge in [-0.15, -0.1) is 5.10 Å². The predicted octanol–water partition coefficient (Wildman–Crippen LogP) is 0.921. The molecule has 2 heterocycles. The molecule has 172 valence electrons. The fourth-order valence-corrected chi connectivity index (χ4v) is 4.32. The highest BCUT2D eigenvalue weighted by molar-refractivity contribution is 6.30. The van der Waals surface area contributed by atoms with Gasteiger partial charge in [0.1, 0.15) is 18.4 Å². The van der Waals surface area contributed by atoms with E-state index in [0.717, 1.165) is 12.0 Å². The number of amides is 2. The summed E-state index contributed by atoms with van der Waals surface area (Å²) in [5.41, 5.74) is 7.18. The molecule has 2 fully saturated rings. The number of hydrogen-bond donors (Lipinski definition) is 2. The molecule has 2 aromatic rings. The number of fused-ring (bicyclic) bond motifs is 1. The van der Waals surface area contributed by atoms with Crippen molar-refractivity contribution in [3.63, 3.8) is 0 Å². The molecule has 1 aromatic heterocycles. The zero-order valence-electron chi connectivity index (χ0n) is 18.4. The lowest BCUT2D eigenvalue weighted by Crippen LogP contribution is -2.54. The van der Waals surface area contributed by atoms with Gasteiger partial charge in [-0.1, -0.05) is 11.6 Å². The van der Waals surface area contributed by atoms with Crippen molar-refractivity contribution in [2.45, 2.75) is 51.4 Å². The SMILES string of the molecule is CC(C)(C)OC[C@@H](N)C(=O)N1C[C@@H]2C[C@@H]2[C@H]1C(=O)NCc1cc(Cl)ccc1-n1cnnn1. The summed E-state index contributed by atoms with van der Waals surface area (Å²) in [4.78, 5) is 27.7. The van der Waals surface area contributed by atoms with Crippen molar-refractivity contribution in [2.75, 3.05) is 13.2 Å². The van der Waals surface area contributed by atoms with Gasteiger partial charge in [-0.25, -0.2) is 4.68 Å². The van der Waals surface area contributed by atoms with E-state index in [9.17, 15) is 9.59 Å². The van der Waals surface area contributed by atoms with Crippen molar-refractivity contribution < 1.29 is 14.3 Å². The predicted molar refractivity (Wildman–Crippen MR) is 117 cm³/mol. The van der Waals surface area contributed by atoms with E-state index in [1.165, 1.54) is 11.0 Å². The molecule has 32 heavy (non-hydrogen) atoms. The monoisotopic (exact) mass is 461 g/mol. The van der Waals surface area contributed by atoms with Gasteiger partial charge in [-0.05, 0) is 73.2 Å². The molecule has 1 aliphatic heterocycles. The van der Waals surface area contributed by atoms with Gasteiger partial charge < -0.3 is 20.7 Å². The Labute approximate surface area is 191 Å². The van der Waals surface area contributed by atoms with Gasteiger partial charge in [0.05, 0.1) is 17.9 Å². The third kappa shape index (κ3) is 4.92. The molecular weight excluding hydrogens is 434 g/mol. The quantitative estimate of drug-likeness (QED) is 0.627. The average molecular weight is 462 g/mol. The largest absolute Gasteiger partial charge is 0.374 e. The molecule has 0 radical (unpaired) electrons. The molecule has 1 saturated carbocycles. The Morgan fingerprint density at radius 1 is 1.38 bits per heavy atom. The average Bonchev–Trinajstić information content (AvgIpc) is 3.14. The van der Waals surface area contributed by atoms with Crippen LogP contribution in [-0.2, 0) is 20.9 Å². The first-order chi connectivity index (χ1) is 15.1. The maximum absolute atomic E-state index is 13.1. The lowest BCUT2D eigenvalue weighted by molar-refractivity contribution is -0.142. The van der Waals surface area contributed by atoms with E-state index in [0.29, 0.717) is 23.2 Å². The maximum atomic E-state index is 13.1. The molecule has 0 unspecified atom stereocenters. The van der Waals surface area contributed by atoms with Gasteiger partial charge in [0.25, 0.3) is 0 Å². The van der Waals surface area contributed by atoms with Crippen LogP contribution in [0.15, 0.2) is 24.5 Å². The molecule has 2 amide bonds. The lowest BCUT2D eigenvalue weighted by atomic mass is 10.1. The minimum atomic E-state index is -0.804. The van der Waals surface area contributed by atoms with Crippen LogP contribution in [0, 0.1) is 11.8 Å². The third-order valence-electron chi connectivity index (χ3n) is 5.81. The van der Waals surface area contributed by atoms with Crippen molar-refractivity contribution in [3.8, 4) is 5.69 Å². The van der Waals surface area contributed by atoms with Crippen LogP contribution in [0.5, 0.6) is 0 Å². The number of tetrazole rings is 1. The Morgan fingerprint density at radius 3 is 2.84 bits per heavy atom. The van der Waals surface area contributed by atoms with Crippen molar-refractivity contribution >= 4 is 23.4 Å². The summed E-state index contributed by atoms with van der Waals surface area (Å²) < 4.78 is 7.17. The second kappa shape index (κ2) is 8.76. The Bertz CT molecular complexity index is 992. The fourth-order valence-electron chi connectivity index (χ4n) is 4.13. The van der Waals surface area contributed by atoms with Crippen molar-refractivity contribution in [3.05, 3.63) is 35.1 Å². The Balaban J connectivity index is 1.43. The molecule has 11 heteroatoms. The number of aromatic nitrogens is 4. The number of ether oxygens (including phenoxy) is 1. The van der Waals surface area contributed by atoms with E-state index < -0.39 is 17.7 Å². The van der Waals surface area contributed by atoms with Crippen molar-refractivity contribution in [2.24, 2.45) is 17.6 Å². The van der Waals surface area contributed by atoms with E-state index in [2.05, 4.69) is 20.8 Å². The molecule has 3 N–H and O–H groups in total. The van der Waals surface area contributed by atoms with E-state index in [4.69, 9.17) is 22.1 Å². The van der Waals surface area contributed by atoms with E-state index in [-0.39, 0.29) is 30.9 Å². The number of likely N-dealkylation sites (tertiary alicyclic amines) is 1. The van der Waals surface area contributed by atoms with Crippen LogP contribution in [-0.4, -0.2) is 67.8 Å². The lowest BCUT2D eigenvalue weighted by Gasteiger charge is -2.30. The summed E-state index contributed by atoms with van der Waals surface area (Å²) in [5, 5.41) is 14.7. The molecule has 4 atom stereocenters. The highest BCUT2D eigenvalue weighted by atomic mass is 35.5. The number of piperidine rings is 1. The minimum absolute atomic E-state index is 0.111. The Morgan fingerprint density at radius 2 is 2.16 bits per heavy atom. The van der Waals surface area contributed by atoms with E-state index in [1.54, 1.807) is 23.1 Å². The number of carbonyl (C=O) groups is 2. The number of nitrogens with one attached hydrogen (secondary N) is 1. The summed E-state index contributed by atoms with van der Waals surface area (Å²) in [6.45, 7) is 6.61. The summed E-state index contributed by atoms with van der Waals surface area (Å²) in [6.07, 6.45) is 2.42. The second-order valence-corrected chi connectivity index (χ2v) is 9.81. The van der Waals surface area contributed by atoms with Crippen molar-refractivity contribution in [1.82, 2.24) is 30.4 Å². The van der Waals surface area contributed by atoms with Crippen LogP contribution in [0.1, 0.15) is 32.8 Å². The van der Waals surface area contributed by atoms with Crippen LogP contribution in [0.2, 0.25) is 5.02 Å². The van der Waals surface area contributed by atoms with Gasteiger partial charge in [0.2, 0.25) is 11.8 Å². The Hall–Kier alpha value is -2.56. The summed E-state index contributed by atoms with van der Waals surface area (Å²) in [7, 11) is 0. The summed E-state index contributed by atoms with van der Waals surface area (Å²) >= 11 is 6.16. The van der Waals surface area contributed by atoms with E-state index in [1.807, 2.05) is 20.8 Å². The molecule has 10 nitrogen and oxygen atoms in total. The van der Waals surface area contributed by atoms with Gasteiger partial charge in [-0.3, -0.25) is 9.59 Å². The standard InChI is InChI=1S/C21H28ClN7O3/c1-21(2,3)32-10-16(23)20(31)28-9-13-7-15(13)18(28)19(30)24-8-12-6-14(22)4-5-17(12)29-11-25-26-27-29/h4-6,11,13,15-16,18H,7-10,23H2,1-3H3,(H,24,30)/t13-,15-,16+,18-/m0/s1. The smallest absolute Gasteiger partial charge is 0.243 e. The number of halogens is 1. The first kappa shape index (κ1) is 22.6. The molecule has 1 aromatic carbocycles. The number of nitrogens with two attached hydrogens (primary N) is 1. The number of carbonyl (C=O) groups excluding carboxylic acids is 2.